The van der Waals surface area contributed by atoms with Crippen molar-refractivity contribution in [2.45, 2.75) is 32.7 Å². The number of hydrogen-bond donors (Lipinski definition) is 2. The highest BCUT2D eigenvalue weighted by Crippen LogP contribution is 2.23. The van der Waals surface area contributed by atoms with E-state index in [-0.39, 0.29) is 12.3 Å². The number of anilines is 1. The van der Waals surface area contributed by atoms with Crippen LogP contribution in [0.1, 0.15) is 25.8 Å². The molecule has 3 N–H and O–H groups in total. The van der Waals surface area contributed by atoms with Crippen molar-refractivity contribution in [1.82, 2.24) is 0 Å². The predicted octanol–water partition coefficient (Wildman–Crippen LogP) is 2.71. The second-order valence-corrected chi connectivity index (χ2v) is 5.10. The van der Waals surface area contributed by atoms with Crippen LogP contribution in [0.5, 0.6) is 0 Å². The van der Waals surface area contributed by atoms with Crippen molar-refractivity contribution in [1.29, 1.82) is 0 Å². The molecule has 0 spiro atoms. The largest absolute Gasteiger partial charge is 0.325 e. The third-order valence-electron chi connectivity index (χ3n) is 2.01. The molecule has 1 aromatic carbocycles. The maximum absolute atomic E-state index is 11.6. The quantitative estimate of drug-likeness (QED) is 0.854. The zero-order valence-corrected chi connectivity index (χ0v) is 10.6. The highest BCUT2D eigenvalue weighted by molar-refractivity contribution is 6.33. The Morgan fingerprint density at radius 1 is 1.50 bits per heavy atom. The van der Waals surface area contributed by atoms with Crippen LogP contribution in [0.2, 0.25) is 5.02 Å². The second kappa shape index (κ2) is 4.85. The number of rotatable bonds is 3. The van der Waals surface area contributed by atoms with Gasteiger partial charge in [-0.1, -0.05) is 17.7 Å². The van der Waals surface area contributed by atoms with E-state index in [1.807, 2.05) is 32.9 Å². The first kappa shape index (κ1) is 13.0. The first-order chi connectivity index (χ1) is 7.28. The van der Waals surface area contributed by atoms with E-state index in [0.717, 1.165) is 5.56 Å². The third kappa shape index (κ3) is 4.21. The number of hydrogen-bond acceptors (Lipinski definition) is 2. The molecule has 0 aliphatic heterocycles. The normalized spacial score (nSPS) is 11.3. The maximum Gasteiger partial charge on any atom is 0.226 e. The Bertz CT molecular complexity index is 396. The Hall–Kier alpha value is -1.06. The van der Waals surface area contributed by atoms with Gasteiger partial charge in [-0.05, 0) is 38.5 Å². The van der Waals surface area contributed by atoms with Crippen LogP contribution in [-0.2, 0) is 4.79 Å². The van der Waals surface area contributed by atoms with Crippen molar-refractivity contribution in [2.24, 2.45) is 5.73 Å². The molecule has 1 rings (SSSR count). The van der Waals surface area contributed by atoms with E-state index in [4.69, 9.17) is 17.3 Å². The molecule has 4 heteroatoms. The van der Waals surface area contributed by atoms with E-state index in [1.54, 1.807) is 6.07 Å². The van der Waals surface area contributed by atoms with E-state index in [9.17, 15) is 4.79 Å². The minimum atomic E-state index is -0.514. The van der Waals surface area contributed by atoms with Crippen molar-refractivity contribution in [3.8, 4) is 0 Å². The Morgan fingerprint density at radius 2 is 2.12 bits per heavy atom. The van der Waals surface area contributed by atoms with Crippen LogP contribution in [0.4, 0.5) is 5.69 Å². The van der Waals surface area contributed by atoms with Gasteiger partial charge in [0.05, 0.1) is 10.7 Å². The summed E-state index contributed by atoms with van der Waals surface area (Å²) < 4.78 is 0. The van der Waals surface area contributed by atoms with Gasteiger partial charge in [0.1, 0.15) is 0 Å². The number of nitrogens with one attached hydrogen (secondary N) is 1. The minimum absolute atomic E-state index is 0.125. The van der Waals surface area contributed by atoms with Gasteiger partial charge in [0, 0.05) is 12.0 Å². The lowest BCUT2D eigenvalue weighted by Gasteiger charge is -2.18. The molecule has 0 bridgehead atoms. The monoisotopic (exact) mass is 240 g/mol. The van der Waals surface area contributed by atoms with Crippen molar-refractivity contribution in [2.75, 3.05) is 5.32 Å². The molecule has 0 saturated carbocycles. The first-order valence-electron chi connectivity index (χ1n) is 5.13. The van der Waals surface area contributed by atoms with Crippen LogP contribution in [0.15, 0.2) is 18.2 Å². The van der Waals surface area contributed by atoms with Crippen LogP contribution in [0.25, 0.3) is 0 Å². The number of nitrogens with two attached hydrogens (primary N) is 1. The smallest absolute Gasteiger partial charge is 0.226 e. The van der Waals surface area contributed by atoms with E-state index in [1.165, 1.54) is 0 Å². The fraction of sp³-hybridized carbons (Fsp3) is 0.417. The molecule has 3 nitrogen and oxygen atoms in total. The fourth-order valence-corrected chi connectivity index (χ4v) is 1.51. The summed E-state index contributed by atoms with van der Waals surface area (Å²) in [5.74, 6) is -0.125. The fourth-order valence-electron chi connectivity index (χ4n) is 1.34. The molecule has 0 heterocycles. The maximum atomic E-state index is 11.6. The Balaban J connectivity index is 2.73. The van der Waals surface area contributed by atoms with Crippen molar-refractivity contribution < 1.29 is 4.79 Å². The number of benzene rings is 1. The molecular weight excluding hydrogens is 224 g/mol. The average molecular weight is 241 g/mol. The lowest BCUT2D eigenvalue weighted by atomic mass is 10.0. The van der Waals surface area contributed by atoms with Gasteiger partial charge < -0.3 is 11.1 Å². The number of carbonyl (C=O) groups is 1. The van der Waals surface area contributed by atoms with Gasteiger partial charge in [0.25, 0.3) is 0 Å². The Kier molecular flexibility index (Phi) is 3.94. The summed E-state index contributed by atoms with van der Waals surface area (Å²) in [6, 6.07) is 5.49. The first-order valence-corrected chi connectivity index (χ1v) is 5.50. The van der Waals surface area contributed by atoms with Crippen LogP contribution in [0, 0.1) is 6.92 Å². The third-order valence-corrected chi connectivity index (χ3v) is 2.34. The van der Waals surface area contributed by atoms with E-state index < -0.39 is 5.54 Å². The summed E-state index contributed by atoms with van der Waals surface area (Å²) in [5.41, 5.74) is 6.93. The van der Waals surface area contributed by atoms with Gasteiger partial charge in [-0.2, -0.15) is 0 Å². The summed E-state index contributed by atoms with van der Waals surface area (Å²) in [6.07, 6.45) is 0.261. The van der Waals surface area contributed by atoms with E-state index >= 15 is 0 Å². The van der Waals surface area contributed by atoms with Crippen LogP contribution in [-0.4, -0.2) is 11.4 Å². The summed E-state index contributed by atoms with van der Waals surface area (Å²) in [5, 5.41) is 3.29. The highest BCUT2D eigenvalue weighted by atomic mass is 35.5. The zero-order chi connectivity index (χ0) is 12.3. The second-order valence-electron chi connectivity index (χ2n) is 4.70. The number of aryl methyl sites for hydroxylation is 1. The van der Waals surface area contributed by atoms with E-state index in [0.29, 0.717) is 10.7 Å². The summed E-state index contributed by atoms with van der Waals surface area (Å²) in [7, 11) is 0. The number of halogens is 1. The highest BCUT2D eigenvalue weighted by Gasteiger charge is 2.16. The topological polar surface area (TPSA) is 55.1 Å². The summed E-state index contributed by atoms with van der Waals surface area (Å²) in [4.78, 5) is 11.6. The molecular formula is C12H17ClN2O. The molecule has 88 valence electrons. The van der Waals surface area contributed by atoms with Gasteiger partial charge in [0.2, 0.25) is 5.91 Å². The Morgan fingerprint density at radius 3 is 2.69 bits per heavy atom. The van der Waals surface area contributed by atoms with Crippen molar-refractivity contribution in [3.05, 3.63) is 28.8 Å². The lowest BCUT2D eigenvalue weighted by Crippen LogP contribution is -2.36. The average Bonchev–Trinajstić information content (AvgIpc) is 2.08. The van der Waals surface area contributed by atoms with Crippen LogP contribution < -0.4 is 11.1 Å². The van der Waals surface area contributed by atoms with Crippen LogP contribution in [0.3, 0.4) is 0 Å². The molecule has 0 fully saturated rings. The molecule has 0 saturated heterocycles. The van der Waals surface area contributed by atoms with E-state index in [2.05, 4.69) is 5.32 Å². The number of amides is 1. The molecule has 0 aliphatic carbocycles. The summed E-state index contributed by atoms with van der Waals surface area (Å²) >= 11 is 5.97. The van der Waals surface area contributed by atoms with Gasteiger partial charge in [-0.3, -0.25) is 4.79 Å². The SMILES string of the molecule is Cc1ccc(Cl)c(NC(=O)CC(C)(C)N)c1. The zero-order valence-electron chi connectivity index (χ0n) is 9.80. The molecule has 0 unspecified atom stereocenters. The van der Waals surface area contributed by atoms with Gasteiger partial charge in [-0.25, -0.2) is 0 Å². The molecule has 0 aromatic heterocycles. The molecule has 0 atom stereocenters. The Labute approximate surface area is 101 Å². The molecule has 0 aliphatic rings. The molecule has 0 radical (unpaired) electrons. The predicted molar refractivity (Wildman–Crippen MR) is 67.7 cm³/mol. The van der Waals surface area contributed by atoms with Crippen molar-refractivity contribution >= 4 is 23.2 Å². The van der Waals surface area contributed by atoms with Gasteiger partial charge >= 0.3 is 0 Å². The van der Waals surface area contributed by atoms with Gasteiger partial charge in [-0.15, -0.1) is 0 Å². The standard InChI is InChI=1S/C12H17ClN2O/c1-8-4-5-9(13)10(6-8)15-11(16)7-12(2,3)14/h4-6H,7,14H2,1-3H3,(H,15,16). The van der Waals surface area contributed by atoms with Crippen molar-refractivity contribution in [3.63, 3.8) is 0 Å². The van der Waals surface area contributed by atoms with Crippen LogP contribution >= 0.6 is 11.6 Å². The minimum Gasteiger partial charge on any atom is -0.325 e. The number of carbonyl (C=O) groups excluding carboxylic acids is 1. The lowest BCUT2D eigenvalue weighted by molar-refractivity contribution is -0.117. The molecule has 1 amide bonds. The molecule has 1 aromatic rings. The summed E-state index contributed by atoms with van der Waals surface area (Å²) in [6.45, 7) is 5.56. The molecule has 16 heavy (non-hydrogen) atoms. The van der Waals surface area contributed by atoms with Gasteiger partial charge in [0.15, 0.2) is 0 Å².